The number of rotatable bonds is 4. The van der Waals surface area contributed by atoms with Gasteiger partial charge in [0.25, 0.3) is 0 Å². The van der Waals surface area contributed by atoms with E-state index >= 15 is 0 Å². The number of fused-ring (bicyclic) bond motifs is 1. The molecule has 0 aliphatic carbocycles. The van der Waals surface area contributed by atoms with Crippen molar-refractivity contribution in [2.75, 3.05) is 18.1 Å². The molecule has 1 spiro atoms. The van der Waals surface area contributed by atoms with Crippen molar-refractivity contribution in [3.63, 3.8) is 0 Å². The van der Waals surface area contributed by atoms with Crippen molar-refractivity contribution >= 4 is 28.7 Å². The molecule has 2 unspecified atom stereocenters. The second-order valence-electron chi connectivity index (χ2n) is 6.79. The van der Waals surface area contributed by atoms with Crippen molar-refractivity contribution in [1.82, 2.24) is 14.5 Å². The number of benzene rings is 1. The third-order valence-corrected chi connectivity index (χ3v) is 6.63. The largest absolute Gasteiger partial charge is 0.391 e. The highest BCUT2D eigenvalue weighted by Crippen LogP contribution is 2.41. The molecule has 0 bridgehead atoms. The van der Waals surface area contributed by atoms with E-state index in [2.05, 4.69) is 15.6 Å². The average molecular weight is 345 g/mol. The lowest BCUT2D eigenvalue weighted by molar-refractivity contribution is -0.136. The van der Waals surface area contributed by atoms with Crippen molar-refractivity contribution in [2.45, 2.75) is 43.9 Å². The van der Waals surface area contributed by atoms with Gasteiger partial charge in [0.15, 0.2) is 0 Å². The summed E-state index contributed by atoms with van der Waals surface area (Å²) in [6.07, 6.45) is 4.48. The lowest BCUT2D eigenvalue weighted by atomic mass is 9.92. The van der Waals surface area contributed by atoms with E-state index in [1.165, 1.54) is 0 Å². The lowest BCUT2D eigenvalue weighted by Crippen LogP contribution is -2.53. The number of hydrogen-bond donors (Lipinski definition) is 1. The molecule has 1 aromatic heterocycles. The van der Waals surface area contributed by atoms with Crippen LogP contribution in [0.25, 0.3) is 11.0 Å². The van der Waals surface area contributed by atoms with Crippen LogP contribution < -0.4 is 0 Å². The monoisotopic (exact) mass is 345 g/mol. The van der Waals surface area contributed by atoms with E-state index in [1.54, 1.807) is 0 Å². The third kappa shape index (κ3) is 2.62. The molecule has 2 aliphatic rings. The van der Waals surface area contributed by atoms with E-state index in [-0.39, 0.29) is 17.6 Å². The average Bonchev–Trinajstić information content (AvgIpc) is 3.30. The Hall–Kier alpha value is -1.53. The summed E-state index contributed by atoms with van der Waals surface area (Å²) < 4.78 is 2.11. The van der Waals surface area contributed by atoms with E-state index in [1.807, 2.05) is 41.2 Å². The summed E-state index contributed by atoms with van der Waals surface area (Å²) in [4.78, 5) is 19.1. The third-order valence-electron chi connectivity index (χ3n) is 5.43. The van der Waals surface area contributed by atoms with Crippen LogP contribution in [-0.4, -0.2) is 55.2 Å². The topological polar surface area (TPSA) is 58.4 Å². The van der Waals surface area contributed by atoms with Crippen molar-refractivity contribution < 1.29 is 9.90 Å². The van der Waals surface area contributed by atoms with Crippen LogP contribution in [0.2, 0.25) is 0 Å². The van der Waals surface area contributed by atoms with Gasteiger partial charge in [-0.25, -0.2) is 4.98 Å². The smallest absolute Gasteiger partial charge is 0.223 e. The van der Waals surface area contributed by atoms with E-state index in [4.69, 9.17) is 0 Å². The van der Waals surface area contributed by atoms with Gasteiger partial charge in [-0.05, 0) is 37.1 Å². The van der Waals surface area contributed by atoms with Crippen LogP contribution in [0.4, 0.5) is 0 Å². The zero-order valence-electron chi connectivity index (χ0n) is 13.7. The standard InChI is InChI=1S/C18H23N3O2S/c22-16-7-10-21(18(16)8-11-24-12-18)17(23)6-3-9-20-13-19-14-4-1-2-5-15(14)20/h1-2,4-5,13,16,22H,3,6-12H2. The molecule has 1 N–H and O–H groups in total. The number of para-hydroxylation sites is 2. The maximum absolute atomic E-state index is 12.7. The summed E-state index contributed by atoms with van der Waals surface area (Å²) in [7, 11) is 0. The Labute approximate surface area is 146 Å². The lowest BCUT2D eigenvalue weighted by Gasteiger charge is -2.36. The maximum Gasteiger partial charge on any atom is 0.223 e. The second kappa shape index (κ2) is 6.41. The Balaban J connectivity index is 1.38. The molecular weight excluding hydrogens is 322 g/mol. The first-order valence-electron chi connectivity index (χ1n) is 8.67. The molecule has 2 aromatic rings. The molecule has 24 heavy (non-hydrogen) atoms. The number of hydrogen-bond acceptors (Lipinski definition) is 4. The number of aliphatic hydroxyl groups excluding tert-OH is 1. The SMILES string of the molecule is O=C(CCCn1cnc2ccccc21)N1CCC(O)C12CCSC2. The summed E-state index contributed by atoms with van der Waals surface area (Å²) >= 11 is 1.85. The fourth-order valence-electron chi connectivity index (χ4n) is 4.07. The second-order valence-corrected chi connectivity index (χ2v) is 7.89. The maximum atomic E-state index is 12.7. The minimum atomic E-state index is -0.353. The van der Waals surface area contributed by atoms with E-state index < -0.39 is 0 Å². The summed E-state index contributed by atoms with van der Waals surface area (Å²) in [5, 5.41) is 10.4. The Bertz CT molecular complexity index is 739. The van der Waals surface area contributed by atoms with Gasteiger partial charge >= 0.3 is 0 Å². The number of amides is 1. The summed E-state index contributed by atoms with van der Waals surface area (Å²) in [5.41, 5.74) is 1.82. The molecule has 2 fully saturated rings. The van der Waals surface area contributed by atoms with Gasteiger partial charge in [0.05, 0.1) is 29.0 Å². The van der Waals surface area contributed by atoms with Crippen LogP contribution in [0, 0.1) is 0 Å². The number of carbonyl (C=O) groups excluding carboxylic acids is 1. The Morgan fingerprint density at radius 1 is 1.42 bits per heavy atom. The normalized spacial score (nSPS) is 26.7. The molecule has 0 radical (unpaired) electrons. The summed E-state index contributed by atoms with van der Waals surface area (Å²) in [5.74, 6) is 2.12. The fraction of sp³-hybridized carbons (Fsp3) is 0.556. The zero-order valence-corrected chi connectivity index (χ0v) is 14.5. The predicted molar refractivity (Wildman–Crippen MR) is 96.0 cm³/mol. The van der Waals surface area contributed by atoms with Gasteiger partial charge in [0.1, 0.15) is 0 Å². The fourth-order valence-corrected chi connectivity index (χ4v) is 5.55. The Morgan fingerprint density at radius 2 is 2.29 bits per heavy atom. The molecule has 3 heterocycles. The molecule has 2 saturated heterocycles. The molecule has 0 saturated carbocycles. The first-order valence-corrected chi connectivity index (χ1v) is 9.82. The number of nitrogens with zero attached hydrogens (tertiary/aromatic N) is 3. The number of thioether (sulfide) groups is 1. The van der Waals surface area contributed by atoms with Gasteiger partial charge in [-0.1, -0.05) is 12.1 Å². The first kappa shape index (κ1) is 16.0. The van der Waals surface area contributed by atoms with Crippen LogP contribution in [0.1, 0.15) is 25.7 Å². The molecule has 2 aliphatic heterocycles. The highest BCUT2D eigenvalue weighted by molar-refractivity contribution is 7.99. The molecule has 6 heteroatoms. The van der Waals surface area contributed by atoms with Crippen LogP contribution in [0.5, 0.6) is 0 Å². The summed E-state index contributed by atoms with van der Waals surface area (Å²) in [6, 6.07) is 8.07. The Morgan fingerprint density at radius 3 is 3.12 bits per heavy atom. The number of likely N-dealkylation sites (tertiary alicyclic amines) is 1. The first-order chi connectivity index (χ1) is 11.7. The number of aromatic nitrogens is 2. The highest BCUT2D eigenvalue weighted by atomic mass is 32.2. The minimum Gasteiger partial charge on any atom is -0.391 e. The van der Waals surface area contributed by atoms with Crippen molar-refractivity contribution in [1.29, 1.82) is 0 Å². The molecular formula is C18H23N3O2S. The van der Waals surface area contributed by atoms with Gasteiger partial charge < -0.3 is 14.6 Å². The van der Waals surface area contributed by atoms with Crippen LogP contribution in [-0.2, 0) is 11.3 Å². The van der Waals surface area contributed by atoms with Crippen LogP contribution in [0.15, 0.2) is 30.6 Å². The molecule has 1 aromatic carbocycles. The van der Waals surface area contributed by atoms with E-state index in [0.29, 0.717) is 13.0 Å². The molecule has 128 valence electrons. The number of carbonyl (C=O) groups is 1. The highest BCUT2D eigenvalue weighted by Gasteiger charge is 2.51. The van der Waals surface area contributed by atoms with Gasteiger partial charge in [0.2, 0.25) is 5.91 Å². The number of aliphatic hydroxyl groups is 1. The molecule has 4 rings (SSSR count). The molecule has 2 atom stereocenters. The van der Waals surface area contributed by atoms with Gasteiger partial charge in [0, 0.05) is 25.3 Å². The minimum absolute atomic E-state index is 0.193. The van der Waals surface area contributed by atoms with E-state index in [0.717, 1.165) is 48.3 Å². The summed E-state index contributed by atoms with van der Waals surface area (Å²) in [6.45, 7) is 1.50. The van der Waals surface area contributed by atoms with Crippen molar-refractivity contribution in [3.05, 3.63) is 30.6 Å². The van der Waals surface area contributed by atoms with Crippen molar-refractivity contribution in [3.8, 4) is 0 Å². The molecule has 1 amide bonds. The van der Waals surface area contributed by atoms with Gasteiger partial charge in [-0.15, -0.1) is 0 Å². The van der Waals surface area contributed by atoms with Gasteiger partial charge in [-0.3, -0.25) is 4.79 Å². The molecule has 5 nitrogen and oxygen atoms in total. The van der Waals surface area contributed by atoms with Crippen molar-refractivity contribution in [2.24, 2.45) is 0 Å². The van der Waals surface area contributed by atoms with Crippen LogP contribution >= 0.6 is 11.8 Å². The predicted octanol–water partition coefficient (Wildman–Crippen LogP) is 2.29. The van der Waals surface area contributed by atoms with E-state index in [9.17, 15) is 9.90 Å². The van der Waals surface area contributed by atoms with Crippen LogP contribution in [0.3, 0.4) is 0 Å². The number of aryl methyl sites for hydroxylation is 1. The quantitative estimate of drug-likeness (QED) is 0.924. The van der Waals surface area contributed by atoms with Gasteiger partial charge in [-0.2, -0.15) is 11.8 Å². The zero-order chi connectivity index (χ0) is 16.6. The number of imidazole rings is 1. The Kier molecular flexibility index (Phi) is 4.26.